The van der Waals surface area contributed by atoms with Gasteiger partial charge in [-0.3, -0.25) is 0 Å². The number of hydrogen-bond acceptors (Lipinski definition) is 3. The van der Waals surface area contributed by atoms with Crippen molar-refractivity contribution < 1.29 is 8.42 Å². The molecule has 0 amide bonds. The predicted molar refractivity (Wildman–Crippen MR) is 86.2 cm³/mol. The number of hydrogen-bond donors (Lipinski definition) is 1. The van der Waals surface area contributed by atoms with E-state index in [0.29, 0.717) is 13.1 Å². The SMILES string of the molecule is CCCC1CCCCN1S(=O)(=O)Cc1ccc(CN)cc1. The summed E-state index contributed by atoms with van der Waals surface area (Å²) in [5.41, 5.74) is 7.44. The van der Waals surface area contributed by atoms with Gasteiger partial charge in [-0.25, -0.2) is 8.42 Å². The van der Waals surface area contributed by atoms with Crippen molar-refractivity contribution in [3.8, 4) is 0 Å². The van der Waals surface area contributed by atoms with E-state index in [2.05, 4.69) is 6.92 Å². The van der Waals surface area contributed by atoms with Crippen molar-refractivity contribution in [2.45, 2.75) is 57.4 Å². The van der Waals surface area contributed by atoms with Gasteiger partial charge in [-0.2, -0.15) is 4.31 Å². The maximum absolute atomic E-state index is 12.7. The molecule has 0 aliphatic carbocycles. The lowest BCUT2D eigenvalue weighted by atomic mass is 10.0. The Kier molecular flexibility index (Phi) is 5.79. The Labute approximate surface area is 128 Å². The topological polar surface area (TPSA) is 63.4 Å². The van der Waals surface area contributed by atoms with Crippen LogP contribution in [0.5, 0.6) is 0 Å². The Bertz CT molecular complexity index is 538. The van der Waals surface area contributed by atoms with Crippen LogP contribution in [-0.4, -0.2) is 25.3 Å². The van der Waals surface area contributed by atoms with Crippen LogP contribution < -0.4 is 5.73 Å². The van der Waals surface area contributed by atoms with E-state index in [1.165, 1.54) is 0 Å². The van der Waals surface area contributed by atoms with Crippen molar-refractivity contribution in [1.82, 2.24) is 4.31 Å². The number of nitrogens with two attached hydrogens (primary N) is 1. The monoisotopic (exact) mass is 310 g/mol. The summed E-state index contributed by atoms with van der Waals surface area (Å²) in [6.07, 6.45) is 5.11. The lowest BCUT2D eigenvalue weighted by Gasteiger charge is -2.34. The third kappa shape index (κ3) is 4.28. The lowest BCUT2D eigenvalue weighted by Crippen LogP contribution is -2.44. The normalized spacial score (nSPS) is 20.6. The zero-order valence-electron chi connectivity index (χ0n) is 12.8. The maximum atomic E-state index is 12.7. The van der Waals surface area contributed by atoms with Crippen molar-refractivity contribution in [2.24, 2.45) is 5.73 Å². The number of sulfonamides is 1. The summed E-state index contributed by atoms with van der Waals surface area (Å²) in [6.45, 7) is 3.27. The first-order valence-corrected chi connectivity index (χ1v) is 9.45. The first-order valence-electron chi connectivity index (χ1n) is 7.84. The summed E-state index contributed by atoms with van der Waals surface area (Å²) in [5, 5.41) is 0. The van der Waals surface area contributed by atoms with Gasteiger partial charge in [0.1, 0.15) is 0 Å². The minimum Gasteiger partial charge on any atom is -0.326 e. The van der Waals surface area contributed by atoms with Crippen molar-refractivity contribution in [3.63, 3.8) is 0 Å². The second-order valence-corrected chi connectivity index (χ2v) is 7.75. The van der Waals surface area contributed by atoms with E-state index in [9.17, 15) is 8.42 Å². The first kappa shape index (κ1) is 16.5. The highest BCUT2D eigenvalue weighted by Crippen LogP contribution is 2.25. The van der Waals surface area contributed by atoms with E-state index in [-0.39, 0.29) is 11.8 Å². The van der Waals surface area contributed by atoms with Crippen LogP contribution in [-0.2, 0) is 22.3 Å². The predicted octanol–water partition coefficient (Wildman–Crippen LogP) is 2.63. The molecule has 2 N–H and O–H groups in total. The standard InChI is InChI=1S/C16H26N2O2S/c1-2-5-16-6-3-4-11-18(16)21(19,20)13-15-9-7-14(12-17)8-10-15/h7-10,16H,2-6,11-13,17H2,1H3. The minimum atomic E-state index is -3.23. The van der Waals surface area contributed by atoms with E-state index < -0.39 is 10.0 Å². The molecule has 21 heavy (non-hydrogen) atoms. The van der Waals surface area contributed by atoms with Gasteiger partial charge in [-0.05, 0) is 30.4 Å². The first-order chi connectivity index (χ1) is 10.1. The van der Waals surface area contributed by atoms with Crippen LogP contribution in [0.3, 0.4) is 0 Å². The van der Waals surface area contributed by atoms with E-state index >= 15 is 0 Å². The maximum Gasteiger partial charge on any atom is 0.218 e. The van der Waals surface area contributed by atoms with Gasteiger partial charge in [-0.1, -0.05) is 44.0 Å². The number of piperidine rings is 1. The second kappa shape index (κ2) is 7.38. The number of rotatable bonds is 6. The molecule has 0 radical (unpaired) electrons. The average Bonchev–Trinajstić information content (AvgIpc) is 2.48. The van der Waals surface area contributed by atoms with Gasteiger partial charge in [0.15, 0.2) is 0 Å². The number of benzene rings is 1. The van der Waals surface area contributed by atoms with Gasteiger partial charge in [0.05, 0.1) is 5.75 Å². The smallest absolute Gasteiger partial charge is 0.218 e. The van der Waals surface area contributed by atoms with Gasteiger partial charge in [-0.15, -0.1) is 0 Å². The fourth-order valence-corrected chi connectivity index (χ4v) is 4.88. The van der Waals surface area contributed by atoms with Crippen LogP contribution in [0.15, 0.2) is 24.3 Å². The fraction of sp³-hybridized carbons (Fsp3) is 0.625. The molecule has 0 bridgehead atoms. The molecule has 1 atom stereocenters. The minimum absolute atomic E-state index is 0.0953. The van der Waals surface area contributed by atoms with Crippen molar-refractivity contribution >= 4 is 10.0 Å². The molecule has 1 aromatic carbocycles. The Morgan fingerprint density at radius 3 is 2.48 bits per heavy atom. The van der Waals surface area contributed by atoms with Crippen molar-refractivity contribution in [2.75, 3.05) is 6.54 Å². The molecule has 1 aliphatic heterocycles. The largest absolute Gasteiger partial charge is 0.326 e. The van der Waals surface area contributed by atoms with Crippen LogP contribution in [0.1, 0.15) is 50.2 Å². The van der Waals surface area contributed by atoms with Gasteiger partial charge in [0.25, 0.3) is 0 Å². The Hall–Kier alpha value is -0.910. The Morgan fingerprint density at radius 1 is 1.19 bits per heavy atom. The molecule has 0 spiro atoms. The third-order valence-electron chi connectivity index (χ3n) is 4.16. The summed E-state index contributed by atoms with van der Waals surface area (Å²) in [7, 11) is -3.23. The van der Waals surface area contributed by atoms with E-state index in [1.54, 1.807) is 4.31 Å². The summed E-state index contributed by atoms with van der Waals surface area (Å²) < 4.78 is 27.1. The summed E-state index contributed by atoms with van der Waals surface area (Å²) in [5.74, 6) is 0.0953. The van der Waals surface area contributed by atoms with Crippen LogP contribution in [0.4, 0.5) is 0 Å². The molecule has 4 nitrogen and oxygen atoms in total. The molecule has 1 unspecified atom stereocenters. The summed E-state index contributed by atoms with van der Waals surface area (Å²) >= 11 is 0. The highest BCUT2D eigenvalue weighted by Gasteiger charge is 2.31. The number of nitrogens with zero attached hydrogens (tertiary/aromatic N) is 1. The van der Waals surface area contributed by atoms with E-state index in [4.69, 9.17) is 5.73 Å². The zero-order valence-corrected chi connectivity index (χ0v) is 13.6. The molecule has 1 fully saturated rings. The highest BCUT2D eigenvalue weighted by molar-refractivity contribution is 7.88. The molecule has 5 heteroatoms. The van der Waals surface area contributed by atoms with Gasteiger partial charge in [0, 0.05) is 19.1 Å². The van der Waals surface area contributed by atoms with Gasteiger partial charge >= 0.3 is 0 Å². The molecule has 1 aromatic rings. The van der Waals surface area contributed by atoms with Gasteiger partial charge in [0.2, 0.25) is 10.0 Å². The quantitative estimate of drug-likeness (QED) is 0.878. The summed E-state index contributed by atoms with van der Waals surface area (Å²) in [4.78, 5) is 0. The van der Waals surface area contributed by atoms with Crippen LogP contribution in [0, 0.1) is 0 Å². The molecule has 0 aromatic heterocycles. The lowest BCUT2D eigenvalue weighted by molar-refractivity contribution is 0.239. The second-order valence-electron chi connectivity index (χ2n) is 5.83. The summed E-state index contributed by atoms with van der Waals surface area (Å²) in [6, 6.07) is 7.75. The molecular formula is C16H26N2O2S. The third-order valence-corrected chi connectivity index (χ3v) is 6.05. The fourth-order valence-electron chi connectivity index (χ4n) is 3.03. The molecule has 1 saturated heterocycles. The van der Waals surface area contributed by atoms with Crippen molar-refractivity contribution in [3.05, 3.63) is 35.4 Å². The molecular weight excluding hydrogens is 284 g/mol. The van der Waals surface area contributed by atoms with Gasteiger partial charge < -0.3 is 5.73 Å². The van der Waals surface area contributed by atoms with Crippen LogP contribution >= 0.6 is 0 Å². The molecule has 1 aliphatic rings. The molecule has 0 saturated carbocycles. The molecule has 118 valence electrons. The average molecular weight is 310 g/mol. The Morgan fingerprint density at radius 2 is 1.86 bits per heavy atom. The van der Waals surface area contributed by atoms with Crippen molar-refractivity contribution in [1.29, 1.82) is 0 Å². The van der Waals surface area contributed by atoms with Crippen LogP contribution in [0.2, 0.25) is 0 Å². The van der Waals surface area contributed by atoms with Crippen LogP contribution in [0.25, 0.3) is 0 Å². The van der Waals surface area contributed by atoms with E-state index in [1.807, 2.05) is 24.3 Å². The molecule has 1 heterocycles. The molecule has 2 rings (SSSR count). The highest BCUT2D eigenvalue weighted by atomic mass is 32.2. The van der Waals surface area contributed by atoms with E-state index in [0.717, 1.165) is 43.2 Å². The zero-order chi connectivity index (χ0) is 15.3. The Balaban J connectivity index is 2.11.